The summed E-state index contributed by atoms with van der Waals surface area (Å²) in [5, 5.41) is 2.76. The maximum Gasteiger partial charge on any atom is 0.338 e. The highest BCUT2D eigenvalue weighted by Crippen LogP contribution is 2.30. The quantitative estimate of drug-likeness (QED) is 0.752. The van der Waals surface area contributed by atoms with E-state index in [1.165, 1.54) is 0 Å². The van der Waals surface area contributed by atoms with E-state index >= 15 is 0 Å². The fourth-order valence-corrected chi connectivity index (χ4v) is 2.49. The predicted octanol–water partition coefficient (Wildman–Crippen LogP) is 2.20. The van der Waals surface area contributed by atoms with E-state index in [1.54, 1.807) is 31.2 Å². The Balaban J connectivity index is 1.40. The number of esters is 1. The second kappa shape index (κ2) is 8.93. The number of carbonyl (C=O) groups excluding carboxylic acids is 2. The number of hydrogen-bond donors (Lipinski definition) is 1. The van der Waals surface area contributed by atoms with Crippen LogP contribution in [0.5, 0.6) is 17.2 Å². The molecule has 0 aliphatic carbocycles. The molecule has 1 heterocycles. The minimum atomic E-state index is -0.391. The van der Waals surface area contributed by atoms with E-state index in [4.69, 9.17) is 18.9 Å². The lowest BCUT2D eigenvalue weighted by molar-refractivity contribution is -0.123. The van der Waals surface area contributed by atoms with Gasteiger partial charge in [0.2, 0.25) is 0 Å². The maximum absolute atomic E-state index is 12.0. The fourth-order valence-electron chi connectivity index (χ4n) is 2.49. The van der Waals surface area contributed by atoms with Crippen molar-refractivity contribution in [1.29, 1.82) is 0 Å². The highest BCUT2D eigenvalue weighted by molar-refractivity contribution is 5.89. The van der Waals surface area contributed by atoms with Crippen molar-refractivity contribution in [1.82, 2.24) is 5.32 Å². The van der Waals surface area contributed by atoms with Crippen molar-refractivity contribution < 1.29 is 28.5 Å². The van der Waals surface area contributed by atoms with Crippen LogP contribution in [0.15, 0.2) is 48.5 Å². The number of hydrogen-bond acceptors (Lipinski definition) is 6. The molecule has 27 heavy (non-hydrogen) atoms. The van der Waals surface area contributed by atoms with Crippen LogP contribution in [-0.2, 0) is 9.53 Å². The molecule has 1 N–H and O–H groups in total. The third-order valence-corrected chi connectivity index (χ3v) is 3.83. The second-order valence-corrected chi connectivity index (χ2v) is 5.84. The van der Waals surface area contributed by atoms with Gasteiger partial charge in [-0.2, -0.15) is 0 Å². The molecule has 2 aromatic carbocycles. The minimum Gasteiger partial charge on any atom is -0.486 e. The Morgan fingerprint density at radius 2 is 1.85 bits per heavy atom. The van der Waals surface area contributed by atoms with Crippen LogP contribution in [0.1, 0.15) is 17.3 Å². The van der Waals surface area contributed by atoms with E-state index in [-0.39, 0.29) is 18.6 Å². The first-order valence-electron chi connectivity index (χ1n) is 8.71. The van der Waals surface area contributed by atoms with Crippen LogP contribution < -0.4 is 19.5 Å². The largest absolute Gasteiger partial charge is 0.486 e. The summed E-state index contributed by atoms with van der Waals surface area (Å²) in [6, 6.07) is 13.8. The maximum atomic E-state index is 12.0. The predicted molar refractivity (Wildman–Crippen MR) is 97.3 cm³/mol. The van der Waals surface area contributed by atoms with Gasteiger partial charge < -0.3 is 24.3 Å². The standard InChI is InChI=1S/C20H21NO6/c1-2-24-20(23)14-7-9-15(10-8-14)25-13-19(22)21-11-16-12-26-17-5-3-4-6-18(17)27-16/h3-10,16H,2,11-13H2,1H3,(H,21,22). The highest BCUT2D eigenvalue weighted by Gasteiger charge is 2.21. The summed E-state index contributed by atoms with van der Waals surface area (Å²) in [7, 11) is 0. The Labute approximate surface area is 157 Å². The van der Waals surface area contributed by atoms with Crippen LogP contribution >= 0.6 is 0 Å². The van der Waals surface area contributed by atoms with Crippen molar-refractivity contribution >= 4 is 11.9 Å². The summed E-state index contributed by atoms with van der Waals surface area (Å²) in [5.41, 5.74) is 0.434. The van der Waals surface area contributed by atoms with E-state index < -0.39 is 5.97 Å². The molecule has 1 aliphatic rings. The molecular formula is C20H21NO6. The number of amides is 1. The number of para-hydroxylation sites is 2. The van der Waals surface area contributed by atoms with Gasteiger partial charge in [-0.1, -0.05) is 12.1 Å². The Morgan fingerprint density at radius 1 is 1.11 bits per heavy atom. The molecule has 1 atom stereocenters. The van der Waals surface area contributed by atoms with Crippen LogP contribution in [0, 0.1) is 0 Å². The summed E-state index contributed by atoms with van der Waals surface area (Å²) in [6.45, 7) is 2.62. The molecule has 1 amide bonds. The first kappa shape index (κ1) is 18.6. The molecule has 0 bridgehead atoms. The van der Waals surface area contributed by atoms with E-state index in [1.807, 2.05) is 24.3 Å². The van der Waals surface area contributed by atoms with Crippen molar-refractivity contribution in [3.8, 4) is 17.2 Å². The number of carbonyl (C=O) groups is 2. The van der Waals surface area contributed by atoms with Crippen molar-refractivity contribution in [3.05, 3.63) is 54.1 Å². The molecule has 0 saturated heterocycles. The van der Waals surface area contributed by atoms with Crippen molar-refractivity contribution in [3.63, 3.8) is 0 Å². The van der Waals surface area contributed by atoms with E-state index in [0.717, 1.165) is 0 Å². The molecule has 1 unspecified atom stereocenters. The van der Waals surface area contributed by atoms with Crippen LogP contribution in [0.2, 0.25) is 0 Å². The topological polar surface area (TPSA) is 83.1 Å². The average Bonchev–Trinajstić information content (AvgIpc) is 2.71. The van der Waals surface area contributed by atoms with Gasteiger partial charge >= 0.3 is 5.97 Å². The Hall–Kier alpha value is -3.22. The SMILES string of the molecule is CCOC(=O)c1ccc(OCC(=O)NCC2COc3ccccc3O2)cc1. The zero-order valence-corrected chi connectivity index (χ0v) is 15.0. The summed E-state index contributed by atoms with van der Waals surface area (Å²) in [4.78, 5) is 23.5. The lowest BCUT2D eigenvalue weighted by atomic mass is 10.2. The van der Waals surface area contributed by atoms with Gasteiger partial charge in [0, 0.05) is 0 Å². The number of fused-ring (bicyclic) bond motifs is 1. The van der Waals surface area contributed by atoms with Gasteiger partial charge in [-0.25, -0.2) is 4.79 Å². The third-order valence-electron chi connectivity index (χ3n) is 3.83. The first-order chi connectivity index (χ1) is 13.2. The fraction of sp³-hybridized carbons (Fsp3) is 0.300. The molecule has 0 spiro atoms. The molecule has 142 valence electrons. The van der Waals surface area contributed by atoms with Crippen molar-refractivity contribution in [2.75, 3.05) is 26.4 Å². The number of nitrogens with one attached hydrogen (secondary N) is 1. The average molecular weight is 371 g/mol. The molecule has 2 aromatic rings. The minimum absolute atomic E-state index is 0.136. The highest BCUT2D eigenvalue weighted by atomic mass is 16.6. The molecule has 7 nitrogen and oxygen atoms in total. The molecular weight excluding hydrogens is 350 g/mol. The van der Waals surface area contributed by atoms with E-state index in [2.05, 4.69) is 5.32 Å². The summed E-state index contributed by atoms with van der Waals surface area (Å²) >= 11 is 0. The Morgan fingerprint density at radius 3 is 2.59 bits per heavy atom. The summed E-state index contributed by atoms with van der Waals surface area (Å²) in [6.07, 6.45) is -0.257. The molecule has 7 heteroatoms. The van der Waals surface area contributed by atoms with Crippen LogP contribution in [0.4, 0.5) is 0 Å². The number of benzene rings is 2. The van der Waals surface area contributed by atoms with Crippen LogP contribution in [0.25, 0.3) is 0 Å². The van der Waals surface area contributed by atoms with Gasteiger partial charge in [-0.3, -0.25) is 4.79 Å². The van der Waals surface area contributed by atoms with E-state index in [0.29, 0.717) is 42.6 Å². The normalized spacial score (nSPS) is 14.9. The summed E-state index contributed by atoms with van der Waals surface area (Å²) in [5.74, 6) is 1.20. The summed E-state index contributed by atoms with van der Waals surface area (Å²) < 4.78 is 21.7. The van der Waals surface area contributed by atoms with Gasteiger partial charge in [0.05, 0.1) is 18.7 Å². The van der Waals surface area contributed by atoms with Gasteiger partial charge in [0.1, 0.15) is 18.5 Å². The van der Waals surface area contributed by atoms with Gasteiger partial charge in [0.15, 0.2) is 18.1 Å². The molecule has 1 aliphatic heterocycles. The van der Waals surface area contributed by atoms with Crippen molar-refractivity contribution in [2.45, 2.75) is 13.0 Å². The monoisotopic (exact) mass is 371 g/mol. The lowest BCUT2D eigenvalue weighted by Crippen LogP contribution is -2.42. The third kappa shape index (κ3) is 5.13. The van der Waals surface area contributed by atoms with Gasteiger partial charge in [-0.15, -0.1) is 0 Å². The second-order valence-electron chi connectivity index (χ2n) is 5.84. The Bertz CT molecular complexity index is 789. The van der Waals surface area contributed by atoms with Gasteiger partial charge in [0.25, 0.3) is 5.91 Å². The van der Waals surface area contributed by atoms with Crippen LogP contribution in [0.3, 0.4) is 0 Å². The molecule has 0 saturated carbocycles. The molecule has 0 aromatic heterocycles. The number of rotatable bonds is 7. The number of ether oxygens (including phenoxy) is 4. The molecule has 0 radical (unpaired) electrons. The zero-order valence-electron chi connectivity index (χ0n) is 15.0. The zero-order chi connectivity index (χ0) is 19.1. The van der Waals surface area contributed by atoms with Crippen molar-refractivity contribution in [2.24, 2.45) is 0 Å². The lowest BCUT2D eigenvalue weighted by Gasteiger charge is -2.26. The van der Waals surface area contributed by atoms with E-state index in [9.17, 15) is 9.59 Å². The first-order valence-corrected chi connectivity index (χ1v) is 8.71. The smallest absolute Gasteiger partial charge is 0.338 e. The Kier molecular flexibility index (Phi) is 6.14. The molecule has 3 rings (SSSR count). The molecule has 0 fully saturated rings. The van der Waals surface area contributed by atoms with Crippen LogP contribution in [-0.4, -0.2) is 44.3 Å². The van der Waals surface area contributed by atoms with Gasteiger partial charge in [-0.05, 0) is 43.3 Å².